The third-order valence-corrected chi connectivity index (χ3v) is 6.12. The number of allylic oxidation sites excluding steroid dienone is 2. The molecule has 1 aliphatic heterocycles. The number of carbonyl (C=O) groups is 1. The van der Waals surface area contributed by atoms with Crippen molar-refractivity contribution in [2.45, 2.75) is 18.4 Å². The van der Waals surface area contributed by atoms with Gasteiger partial charge in [0.1, 0.15) is 0 Å². The van der Waals surface area contributed by atoms with Crippen LogP contribution >= 0.6 is 0 Å². The first-order valence-electron chi connectivity index (χ1n) is 10.3. The summed E-state index contributed by atoms with van der Waals surface area (Å²) in [6.07, 6.45) is 5.35. The molecule has 3 atom stereocenters. The predicted molar refractivity (Wildman–Crippen MR) is 120 cm³/mol. The van der Waals surface area contributed by atoms with Gasteiger partial charge in [-0.1, -0.05) is 42.5 Å². The number of rotatable bonds is 4. The first-order chi connectivity index (χ1) is 15.1. The first-order valence-corrected chi connectivity index (χ1v) is 10.3. The normalized spacial score (nSPS) is 21.0. The van der Waals surface area contributed by atoms with Crippen molar-refractivity contribution in [3.8, 4) is 0 Å². The molecule has 0 fully saturated rings. The van der Waals surface area contributed by atoms with Gasteiger partial charge in [-0.2, -0.15) is 0 Å². The van der Waals surface area contributed by atoms with Crippen LogP contribution in [0.2, 0.25) is 0 Å². The van der Waals surface area contributed by atoms with Crippen molar-refractivity contribution in [2.75, 3.05) is 10.6 Å². The largest absolute Gasteiger partial charge is 0.378 e. The molecule has 154 valence electrons. The van der Waals surface area contributed by atoms with Crippen LogP contribution in [-0.2, 0) is 0 Å². The topological polar surface area (TPSA) is 84.3 Å². The summed E-state index contributed by atoms with van der Waals surface area (Å²) in [7, 11) is 0. The Labute approximate surface area is 179 Å². The molecular weight excluding hydrogens is 390 g/mol. The van der Waals surface area contributed by atoms with E-state index in [4.69, 9.17) is 0 Å². The van der Waals surface area contributed by atoms with E-state index in [2.05, 4.69) is 22.8 Å². The summed E-state index contributed by atoms with van der Waals surface area (Å²) < 4.78 is 0. The van der Waals surface area contributed by atoms with E-state index in [1.165, 1.54) is 0 Å². The van der Waals surface area contributed by atoms with Gasteiger partial charge in [0.05, 0.1) is 11.0 Å². The second-order valence-corrected chi connectivity index (χ2v) is 7.95. The van der Waals surface area contributed by atoms with Gasteiger partial charge in [0.25, 0.3) is 11.6 Å². The van der Waals surface area contributed by atoms with Gasteiger partial charge in [0, 0.05) is 35.0 Å². The first kappa shape index (κ1) is 19.1. The predicted octanol–water partition coefficient (Wildman–Crippen LogP) is 5.67. The molecule has 0 spiro atoms. The van der Waals surface area contributed by atoms with E-state index in [9.17, 15) is 14.9 Å². The summed E-state index contributed by atoms with van der Waals surface area (Å²) in [6, 6.07) is 22.0. The molecule has 6 heteroatoms. The molecule has 3 aromatic rings. The lowest BCUT2D eigenvalue weighted by atomic mass is 9.77. The van der Waals surface area contributed by atoms with E-state index in [0.29, 0.717) is 11.5 Å². The van der Waals surface area contributed by atoms with Crippen molar-refractivity contribution in [3.05, 3.63) is 112 Å². The number of amides is 1. The molecule has 2 N–H and O–H groups in total. The van der Waals surface area contributed by atoms with E-state index in [1.807, 2.05) is 48.5 Å². The second kappa shape index (κ2) is 7.72. The lowest BCUT2D eigenvalue weighted by molar-refractivity contribution is -0.384. The highest BCUT2D eigenvalue weighted by Gasteiger charge is 2.38. The molecule has 2 aliphatic rings. The minimum absolute atomic E-state index is 0.0677. The molecule has 0 aromatic heterocycles. The van der Waals surface area contributed by atoms with E-state index in [-0.39, 0.29) is 28.5 Å². The molecule has 0 saturated heterocycles. The van der Waals surface area contributed by atoms with Gasteiger partial charge in [0.15, 0.2) is 0 Å². The van der Waals surface area contributed by atoms with Crippen LogP contribution in [0.1, 0.15) is 39.9 Å². The Kier molecular flexibility index (Phi) is 4.75. The van der Waals surface area contributed by atoms with Gasteiger partial charge < -0.3 is 10.6 Å². The van der Waals surface area contributed by atoms with Crippen LogP contribution < -0.4 is 10.6 Å². The molecule has 6 nitrogen and oxygen atoms in total. The minimum atomic E-state index is -0.376. The number of carbonyl (C=O) groups excluding carboxylic acids is 1. The number of nitro groups is 1. The van der Waals surface area contributed by atoms with Crippen LogP contribution in [0.25, 0.3) is 0 Å². The number of hydrogen-bond acceptors (Lipinski definition) is 4. The lowest BCUT2D eigenvalue weighted by Gasteiger charge is -2.37. The number of non-ortho nitro benzene ring substituents is 1. The number of hydrogen-bond donors (Lipinski definition) is 2. The Bertz CT molecular complexity index is 1170. The zero-order valence-corrected chi connectivity index (χ0v) is 16.7. The fraction of sp³-hybridized carbons (Fsp3) is 0.160. The smallest absolute Gasteiger partial charge is 0.269 e. The number of nitro benzene ring substituents is 1. The van der Waals surface area contributed by atoms with Crippen molar-refractivity contribution < 1.29 is 9.72 Å². The van der Waals surface area contributed by atoms with Crippen LogP contribution in [0.5, 0.6) is 0 Å². The third-order valence-electron chi connectivity index (χ3n) is 6.12. The molecule has 0 radical (unpaired) electrons. The van der Waals surface area contributed by atoms with Crippen molar-refractivity contribution in [2.24, 2.45) is 5.92 Å². The number of anilines is 2. The lowest BCUT2D eigenvalue weighted by Crippen LogP contribution is -2.29. The number of fused-ring (bicyclic) bond motifs is 3. The molecule has 1 amide bonds. The average molecular weight is 411 g/mol. The minimum Gasteiger partial charge on any atom is -0.378 e. The molecule has 5 rings (SSSR count). The van der Waals surface area contributed by atoms with Gasteiger partial charge in [-0.3, -0.25) is 14.9 Å². The Morgan fingerprint density at radius 2 is 1.81 bits per heavy atom. The fourth-order valence-corrected chi connectivity index (χ4v) is 4.60. The summed E-state index contributed by atoms with van der Waals surface area (Å²) >= 11 is 0. The molecule has 31 heavy (non-hydrogen) atoms. The Hall–Kier alpha value is -3.93. The second-order valence-electron chi connectivity index (χ2n) is 7.95. The monoisotopic (exact) mass is 411 g/mol. The maximum atomic E-state index is 12.5. The highest BCUT2D eigenvalue weighted by Crippen LogP contribution is 2.50. The van der Waals surface area contributed by atoms with Crippen molar-refractivity contribution >= 4 is 23.0 Å². The van der Waals surface area contributed by atoms with Crippen molar-refractivity contribution in [1.29, 1.82) is 0 Å². The van der Waals surface area contributed by atoms with E-state index >= 15 is 0 Å². The van der Waals surface area contributed by atoms with Crippen LogP contribution in [-0.4, -0.2) is 10.8 Å². The Balaban J connectivity index is 1.42. The maximum absolute atomic E-state index is 12.5. The van der Waals surface area contributed by atoms with E-state index in [1.54, 1.807) is 24.3 Å². The summed E-state index contributed by atoms with van der Waals surface area (Å²) in [5.74, 6) is 0.408. The third kappa shape index (κ3) is 3.57. The van der Waals surface area contributed by atoms with Gasteiger partial charge in [-0.25, -0.2) is 0 Å². The van der Waals surface area contributed by atoms with E-state index in [0.717, 1.165) is 28.9 Å². The van der Waals surface area contributed by atoms with Gasteiger partial charge in [0.2, 0.25) is 0 Å². The maximum Gasteiger partial charge on any atom is 0.269 e. The standard InChI is InChI=1S/C25H21N3O3/c29-25(17-5-2-1-3-6-17)26-18-11-14-23-22(15-18)20-7-4-8-21(20)24(27-23)16-9-12-19(13-10-16)28(30)31/h1-7,9-15,20-21,24,27H,8H2,(H,26,29). The molecule has 0 bridgehead atoms. The van der Waals surface area contributed by atoms with Gasteiger partial charge >= 0.3 is 0 Å². The highest BCUT2D eigenvalue weighted by molar-refractivity contribution is 6.04. The summed E-state index contributed by atoms with van der Waals surface area (Å²) in [4.78, 5) is 23.1. The van der Waals surface area contributed by atoms with Crippen LogP contribution in [0.3, 0.4) is 0 Å². The highest BCUT2D eigenvalue weighted by atomic mass is 16.6. The summed E-state index contributed by atoms with van der Waals surface area (Å²) in [5.41, 5.74) is 4.70. The van der Waals surface area contributed by atoms with Crippen LogP contribution in [0.15, 0.2) is 84.9 Å². The Morgan fingerprint density at radius 3 is 2.55 bits per heavy atom. The summed E-state index contributed by atoms with van der Waals surface area (Å²) in [5, 5.41) is 17.6. The Morgan fingerprint density at radius 1 is 1.03 bits per heavy atom. The molecular formula is C25H21N3O3. The number of benzene rings is 3. The molecule has 1 heterocycles. The molecule has 3 aromatic carbocycles. The van der Waals surface area contributed by atoms with Gasteiger partial charge in [-0.05, 0) is 53.8 Å². The van der Waals surface area contributed by atoms with Crippen molar-refractivity contribution in [1.82, 2.24) is 0 Å². The quantitative estimate of drug-likeness (QED) is 0.329. The molecule has 0 saturated carbocycles. The number of nitrogens with zero attached hydrogens (tertiary/aromatic N) is 1. The molecule has 3 unspecified atom stereocenters. The number of nitrogens with one attached hydrogen (secondary N) is 2. The van der Waals surface area contributed by atoms with Gasteiger partial charge in [-0.15, -0.1) is 0 Å². The average Bonchev–Trinajstić information content (AvgIpc) is 3.30. The van der Waals surface area contributed by atoms with Crippen LogP contribution in [0.4, 0.5) is 17.1 Å². The van der Waals surface area contributed by atoms with E-state index < -0.39 is 0 Å². The van der Waals surface area contributed by atoms with Crippen molar-refractivity contribution in [3.63, 3.8) is 0 Å². The SMILES string of the molecule is O=C(Nc1ccc2c(c1)C1C=CCC1C(c1ccc([N+](=O)[O-])cc1)N2)c1ccccc1. The summed E-state index contributed by atoms with van der Waals surface area (Å²) in [6.45, 7) is 0. The zero-order valence-electron chi connectivity index (χ0n) is 16.7. The fourth-order valence-electron chi connectivity index (χ4n) is 4.60. The molecule has 1 aliphatic carbocycles. The van der Waals surface area contributed by atoms with Crippen LogP contribution in [0, 0.1) is 16.0 Å². The zero-order chi connectivity index (χ0) is 21.4.